The van der Waals surface area contributed by atoms with Gasteiger partial charge < -0.3 is 0 Å². The summed E-state index contributed by atoms with van der Waals surface area (Å²) < 4.78 is 0. The zero-order valence-electron chi connectivity index (χ0n) is 12.0. The molecule has 0 heteroatoms. The van der Waals surface area contributed by atoms with Gasteiger partial charge in [0.05, 0.1) is 0 Å². The van der Waals surface area contributed by atoms with E-state index in [9.17, 15) is 0 Å². The van der Waals surface area contributed by atoms with Gasteiger partial charge in [0.2, 0.25) is 0 Å². The Morgan fingerprint density at radius 2 is 1.27 bits per heavy atom. The van der Waals surface area contributed by atoms with Gasteiger partial charge in [-0.25, -0.2) is 0 Å². The molecule has 1 rings (SSSR count). The highest BCUT2D eigenvalue weighted by Gasteiger charge is 2.58. The zero-order chi connectivity index (χ0) is 12.0. The van der Waals surface area contributed by atoms with Gasteiger partial charge in [-0.1, -0.05) is 55.4 Å². The molecule has 0 radical (unpaired) electrons. The minimum atomic E-state index is 0.440. The lowest BCUT2D eigenvalue weighted by molar-refractivity contribution is -0.159. The van der Waals surface area contributed by atoms with E-state index >= 15 is 0 Å². The lowest BCUT2D eigenvalue weighted by Gasteiger charge is -2.64. The molecule has 15 heavy (non-hydrogen) atoms. The van der Waals surface area contributed by atoms with Crippen LogP contribution < -0.4 is 0 Å². The Balaban J connectivity index is 2.95. The third-order valence-corrected chi connectivity index (χ3v) is 5.27. The fourth-order valence-electron chi connectivity index (χ4n) is 3.92. The molecule has 90 valence electrons. The first-order valence-electron chi connectivity index (χ1n) is 6.62. The second-order valence-corrected chi connectivity index (χ2v) is 7.47. The molecule has 0 aromatic rings. The maximum atomic E-state index is 2.53. The summed E-state index contributed by atoms with van der Waals surface area (Å²) in [4.78, 5) is 0. The average Bonchev–Trinajstić information content (AvgIpc) is 1.97. The molecular weight excluding hydrogens is 180 g/mol. The molecule has 1 fully saturated rings. The molecule has 0 amide bonds. The summed E-state index contributed by atoms with van der Waals surface area (Å²) in [6.45, 7) is 19.4. The maximum absolute atomic E-state index is 2.53. The monoisotopic (exact) mass is 210 g/mol. The summed E-state index contributed by atoms with van der Waals surface area (Å²) in [6.07, 6.45) is 1.45. The first-order chi connectivity index (χ1) is 6.62. The fraction of sp³-hybridized carbons (Fsp3) is 1.00. The van der Waals surface area contributed by atoms with E-state index in [1.54, 1.807) is 0 Å². The van der Waals surface area contributed by atoms with Gasteiger partial charge in [0.1, 0.15) is 0 Å². The van der Waals surface area contributed by atoms with E-state index in [2.05, 4.69) is 55.4 Å². The molecule has 0 aliphatic heterocycles. The largest absolute Gasteiger partial charge is 0.0625 e. The zero-order valence-corrected chi connectivity index (χ0v) is 12.0. The van der Waals surface area contributed by atoms with E-state index in [1.807, 2.05) is 0 Å². The molecule has 0 nitrogen and oxygen atoms in total. The topological polar surface area (TPSA) is 0 Å². The van der Waals surface area contributed by atoms with Crippen molar-refractivity contribution in [3.05, 3.63) is 0 Å². The lowest BCUT2D eigenvalue weighted by Crippen LogP contribution is -2.58. The van der Waals surface area contributed by atoms with Gasteiger partial charge in [0.25, 0.3) is 0 Å². The van der Waals surface area contributed by atoms with E-state index in [0.29, 0.717) is 10.8 Å². The third-order valence-electron chi connectivity index (χ3n) is 5.27. The molecule has 0 bridgehead atoms. The Morgan fingerprint density at radius 3 is 1.47 bits per heavy atom. The highest BCUT2D eigenvalue weighted by atomic mass is 14.6. The van der Waals surface area contributed by atoms with Gasteiger partial charge in [-0.15, -0.1) is 0 Å². The average molecular weight is 210 g/mol. The van der Waals surface area contributed by atoms with Gasteiger partial charge in [-0.3, -0.25) is 0 Å². The lowest BCUT2D eigenvalue weighted by atomic mass is 9.40. The minimum Gasteiger partial charge on any atom is -0.0625 e. The summed E-state index contributed by atoms with van der Waals surface area (Å²) in [5.74, 6) is 3.52. The smallest absolute Gasteiger partial charge is 0.0216 e. The van der Waals surface area contributed by atoms with Crippen molar-refractivity contribution in [2.45, 2.75) is 61.8 Å². The fourth-order valence-corrected chi connectivity index (χ4v) is 3.92. The highest BCUT2D eigenvalue weighted by molar-refractivity contribution is 5.06. The normalized spacial score (nSPS) is 37.2. The molecule has 0 N–H and O–H groups in total. The maximum Gasteiger partial charge on any atom is -0.0216 e. The van der Waals surface area contributed by atoms with Crippen LogP contribution in [-0.2, 0) is 0 Å². The van der Waals surface area contributed by atoms with Crippen molar-refractivity contribution >= 4 is 0 Å². The van der Waals surface area contributed by atoms with Crippen LogP contribution in [-0.4, -0.2) is 0 Å². The Bertz CT molecular complexity index is 203. The molecular formula is C15H30. The van der Waals surface area contributed by atoms with Crippen molar-refractivity contribution in [3.8, 4) is 0 Å². The summed E-state index contributed by atoms with van der Waals surface area (Å²) in [7, 11) is 0. The van der Waals surface area contributed by atoms with Crippen LogP contribution in [0.3, 0.4) is 0 Å². The quantitative estimate of drug-likeness (QED) is 0.602. The molecule has 2 unspecified atom stereocenters. The van der Waals surface area contributed by atoms with E-state index in [4.69, 9.17) is 0 Å². The summed E-state index contributed by atoms with van der Waals surface area (Å²) in [6, 6.07) is 0. The molecule has 0 heterocycles. The minimum absolute atomic E-state index is 0.440. The number of hydrogen-bond donors (Lipinski definition) is 0. The van der Waals surface area contributed by atoms with Crippen molar-refractivity contribution < 1.29 is 0 Å². The van der Waals surface area contributed by atoms with Crippen LogP contribution >= 0.6 is 0 Å². The summed E-state index contributed by atoms with van der Waals surface area (Å²) >= 11 is 0. The predicted molar refractivity (Wildman–Crippen MR) is 68.8 cm³/mol. The van der Waals surface area contributed by atoms with Gasteiger partial charge >= 0.3 is 0 Å². The van der Waals surface area contributed by atoms with Crippen molar-refractivity contribution in [1.82, 2.24) is 0 Å². The Hall–Kier alpha value is 0. The summed E-state index contributed by atoms with van der Waals surface area (Å²) in [5, 5.41) is 0. The first kappa shape index (κ1) is 13.1. The van der Waals surface area contributed by atoms with Crippen LogP contribution in [0, 0.1) is 34.5 Å². The molecule has 1 aliphatic carbocycles. The van der Waals surface area contributed by atoms with Crippen molar-refractivity contribution in [1.29, 1.82) is 0 Å². The van der Waals surface area contributed by atoms with Crippen LogP contribution in [0.1, 0.15) is 61.8 Å². The van der Waals surface area contributed by atoms with Crippen LogP contribution in [0.5, 0.6) is 0 Å². The molecule has 0 spiro atoms. The van der Waals surface area contributed by atoms with E-state index in [-0.39, 0.29) is 0 Å². The van der Waals surface area contributed by atoms with E-state index < -0.39 is 0 Å². The van der Waals surface area contributed by atoms with Crippen LogP contribution in [0.2, 0.25) is 0 Å². The second kappa shape index (κ2) is 3.79. The SMILES string of the molecule is CC(C)C1CC(C(C)C)C1(C)C(C)(C)C. The Morgan fingerprint density at radius 1 is 0.933 bits per heavy atom. The number of hydrogen-bond acceptors (Lipinski definition) is 0. The third kappa shape index (κ3) is 1.85. The van der Waals surface area contributed by atoms with Gasteiger partial charge in [-0.05, 0) is 40.9 Å². The Labute approximate surface area is 96.8 Å². The van der Waals surface area contributed by atoms with Crippen molar-refractivity contribution in [3.63, 3.8) is 0 Å². The molecule has 2 atom stereocenters. The summed E-state index contributed by atoms with van der Waals surface area (Å²) in [5.41, 5.74) is 0.977. The first-order valence-corrected chi connectivity index (χ1v) is 6.62. The van der Waals surface area contributed by atoms with Crippen molar-refractivity contribution in [2.75, 3.05) is 0 Å². The standard InChI is InChI=1S/C15H30/c1-10(2)12-9-13(11(3)4)15(12,8)14(5,6)7/h10-13H,9H2,1-8H3. The molecule has 1 saturated carbocycles. The van der Waals surface area contributed by atoms with Crippen LogP contribution in [0.15, 0.2) is 0 Å². The Kier molecular flexibility index (Phi) is 3.30. The molecule has 1 aliphatic rings. The van der Waals surface area contributed by atoms with Gasteiger partial charge in [-0.2, -0.15) is 0 Å². The number of rotatable bonds is 2. The van der Waals surface area contributed by atoms with Crippen LogP contribution in [0.25, 0.3) is 0 Å². The molecule has 0 saturated heterocycles. The van der Waals surface area contributed by atoms with E-state index in [1.165, 1.54) is 6.42 Å². The van der Waals surface area contributed by atoms with Crippen LogP contribution in [0.4, 0.5) is 0 Å². The predicted octanol–water partition coefficient (Wildman–Crippen LogP) is 4.99. The van der Waals surface area contributed by atoms with Gasteiger partial charge in [0, 0.05) is 0 Å². The van der Waals surface area contributed by atoms with Crippen molar-refractivity contribution in [2.24, 2.45) is 34.5 Å². The second-order valence-electron chi connectivity index (χ2n) is 7.47. The highest BCUT2D eigenvalue weighted by Crippen LogP contribution is 2.65. The van der Waals surface area contributed by atoms with Gasteiger partial charge in [0.15, 0.2) is 0 Å². The molecule has 0 aromatic carbocycles. The molecule has 0 aromatic heterocycles. The van der Waals surface area contributed by atoms with E-state index in [0.717, 1.165) is 23.7 Å².